The second-order valence-electron chi connectivity index (χ2n) is 7.85. The SMILES string of the molecule is Cc1ccc(-c2cc(C(=O)N[C@H](C)CN3CCNC(=O)C3)cc(-n3cnnn3)c2)cc1. The van der Waals surface area contributed by atoms with E-state index in [1.54, 1.807) is 6.07 Å². The molecule has 0 spiro atoms. The highest BCUT2D eigenvalue weighted by atomic mass is 16.2. The quantitative estimate of drug-likeness (QED) is 0.622. The van der Waals surface area contributed by atoms with Gasteiger partial charge in [-0.2, -0.15) is 0 Å². The van der Waals surface area contributed by atoms with Crippen molar-refractivity contribution in [3.63, 3.8) is 0 Å². The van der Waals surface area contributed by atoms with Gasteiger partial charge in [-0.25, -0.2) is 4.68 Å². The largest absolute Gasteiger partial charge is 0.354 e. The van der Waals surface area contributed by atoms with Gasteiger partial charge in [0.15, 0.2) is 0 Å². The summed E-state index contributed by atoms with van der Waals surface area (Å²) in [5.74, 6) is -0.168. The number of hydrogen-bond acceptors (Lipinski definition) is 6. The van der Waals surface area contributed by atoms with E-state index < -0.39 is 0 Å². The second-order valence-corrected chi connectivity index (χ2v) is 7.85. The molecule has 1 saturated heterocycles. The molecule has 0 radical (unpaired) electrons. The summed E-state index contributed by atoms with van der Waals surface area (Å²) >= 11 is 0. The molecule has 1 aromatic heterocycles. The molecule has 9 nitrogen and oxygen atoms in total. The van der Waals surface area contributed by atoms with Crippen molar-refractivity contribution >= 4 is 11.8 Å². The zero-order valence-electron chi connectivity index (χ0n) is 17.6. The Morgan fingerprint density at radius 3 is 2.71 bits per heavy atom. The molecule has 2 heterocycles. The van der Waals surface area contributed by atoms with Gasteiger partial charge >= 0.3 is 0 Å². The van der Waals surface area contributed by atoms with E-state index in [4.69, 9.17) is 0 Å². The Balaban J connectivity index is 1.56. The molecule has 9 heteroatoms. The minimum absolute atomic E-state index is 0.0154. The molecule has 0 saturated carbocycles. The summed E-state index contributed by atoms with van der Waals surface area (Å²) in [6.45, 7) is 6.35. The van der Waals surface area contributed by atoms with Crippen LogP contribution in [0.4, 0.5) is 0 Å². The Kier molecular flexibility index (Phi) is 6.03. The summed E-state index contributed by atoms with van der Waals surface area (Å²) in [6, 6.07) is 13.6. The predicted octanol–water partition coefficient (Wildman–Crippen LogP) is 1.19. The molecule has 2 aromatic carbocycles. The van der Waals surface area contributed by atoms with Crippen molar-refractivity contribution in [2.45, 2.75) is 19.9 Å². The fourth-order valence-electron chi connectivity index (χ4n) is 3.65. The maximum Gasteiger partial charge on any atom is 0.251 e. The zero-order valence-corrected chi connectivity index (χ0v) is 17.6. The third-order valence-corrected chi connectivity index (χ3v) is 5.21. The summed E-state index contributed by atoms with van der Waals surface area (Å²) in [5.41, 5.74) is 4.29. The summed E-state index contributed by atoms with van der Waals surface area (Å²) < 4.78 is 1.53. The van der Waals surface area contributed by atoms with Gasteiger partial charge in [0.2, 0.25) is 5.91 Å². The average Bonchev–Trinajstić information content (AvgIpc) is 3.29. The number of piperazine rings is 1. The lowest BCUT2D eigenvalue weighted by atomic mass is 10.0. The molecule has 160 valence electrons. The molecule has 1 fully saturated rings. The molecule has 1 aliphatic rings. The van der Waals surface area contributed by atoms with Crippen LogP contribution in [0.15, 0.2) is 48.8 Å². The maximum atomic E-state index is 13.1. The van der Waals surface area contributed by atoms with Crippen molar-refractivity contribution in [2.24, 2.45) is 0 Å². The highest BCUT2D eigenvalue weighted by Crippen LogP contribution is 2.24. The lowest BCUT2D eigenvalue weighted by molar-refractivity contribution is -0.124. The second kappa shape index (κ2) is 9.05. The Morgan fingerprint density at radius 2 is 2.00 bits per heavy atom. The third-order valence-electron chi connectivity index (χ3n) is 5.21. The van der Waals surface area contributed by atoms with E-state index in [-0.39, 0.29) is 17.9 Å². The first-order chi connectivity index (χ1) is 15.0. The molecule has 2 N–H and O–H groups in total. The maximum absolute atomic E-state index is 13.1. The Hall–Kier alpha value is -3.59. The average molecular weight is 419 g/mol. The highest BCUT2D eigenvalue weighted by Gasteiger charge is 2.20. The van der Waals surface area contributed by atoms with Crippen molar-refractivity contribution in [1.29, 1.82) is 0 Å². The van der Waals surface area contributed by atoms with Crippen LogP contribution < -0.4 is 10.6 Å². The molecule has 4 rings (SSSR count). The van der Waals surface area contributed by atoms with Crippen LogP contribution in [0.1, 0.15) is 22.8 Å². The van der Waals surface area contributed by atoms with Crippen molar-refractivity contribution in [3.8, 4) is 16.8 Å². The van der Waals surface area contributed by atoms with Crippen LogP contribution >= 0.6 is 0 Å². The number of benzene rings is 2. The lowest BCUT2D eigenvalue weighted by Crippen LogP contribution is -2.51. The molecule has 2 amide bonds. The summed E-state index contributed by atoms with van der Waals surface area (Å²) in [5, 5.41) is 17.2. The van der Waals surface area contributed by atoms with Gasteiger partial charge in [0.25, 0.3) is 5.91 Å². The van der Waals surface area contributed by atoms with E-state index in [0.717, 1.165) is 17.7 Å². The normalized spacial score (nSPS) is 15.4. The fourth-order valence-corrected chi connectivity index (χ4v) is 3.65. The summed E-state index contributed by atoms with van der Waals surface area (Å²) in [7, 11) is 0. The molecule has 31 heavy (non-hydrogen) atoms. The van der Waals surface area contributed by atoms with Gasteiger partial charge in [-0.3, -0.25) is 14.5 Å². The Labute approximate surface area is 180 Å². The number of carbonyl (C=O) groups excluding carboxylic acids is 2. The first-order valence-electron chi connectivity index (χ1n) is 10.2. The number of tetrazole rings is 1. The van der Waals surface area contributed by atoms with E-state index in [9.17, 15) is 9.59 Å². The van der Waals surface area contributed by atoms with Crippen LogP contribution in [0.3, 0.4) is 0 Å². The van der Waals surface area contributed by atoms with Crippen LogP contribution in [0.2, 0.25) is 0 Å². The van der Waals surface area contributed by atoms with Gasteiger partial charge in [-0.15, -0.1) is 5.10 Å². The first kappa shape index (κ1) is 20.7. The van der Waals surface area contributed by atoms with Gasteiger partial charge in [-0.1, -0.05) is 29.8 Å². The predicted molar refractivity (Wildman–Crippen MR) is 116 cm³/mol. The number of nitrogens with zero attached hydrogens (tertiary/aromatic N) is 5. The number of rotatable bonds is 6. The standard InChI is InChI=1S/C22H25N7O2/c1-15-3-5-17(6-4-15)18-9-19(11-20(10-18)29-14-24-26-27-29)22(31)25-16(2)12-28-8-7-23-21(30)13-28/h3-6,9-11,14,16H,7-8,12-13H2,1-2H3,(H,23,30)(H,25,31)/t16-/m1/s1. The van der Waals surface area contributed by atoms with Gasteiger partial charge in [0.05, 0.1) is 12.2 Å². The lowest BCUT2D eigenvalue weighted by Gasteiger charge is -2.29. The van der Waals surface area contributed by atoms with Gasteiger partial charge in [0, 0.05) is 31.2 Å². The topological polar surface area (TPSA) is 105 Å². The van der Waals surface area contributed by atoms with Crippen molar-refractivity contribution in [1.82, 2.24) is 35.7 Å². The van der Waals surface area contributed by atoms with Gasteiger partial charge < -0.3 is 10.6 Å². The van der Waals surface area contributed by atoms with Gasteiger partial charge in [0.1, 0.15) is 6.33 Å². The van der Waals surface area contributed by atoms with Gasteiger partial charge in [-0.05, 0) is 53.6 Å². The summed E-state index contributed by atoms with van der Waals surface area (Å²) in [4.78, 5) is 26.7. The number of carbonyl (C=O) groups is 2. The van der Waals surface area contributed by atoms with E-state index in [1.165, 1.54) is 16.6 Å². The van der Waals surface area contributed by atoms with Crippen molar-refractivity contribution in [2.75, 3.05) is 26.2 Å². The van der Waals surface area contributed by atoms with E-state index in [2.05, 4.69) is 26.2 Å². The van der Waals surface area contributed by atoms with Crippen molar-refractivity contribution < 1.29 is 9.59 Å². The Bertz CT molecular complexity index is 1060. The molecule has 0 unspecified atom stereocenters. The number of amides is 2. The third kappa shape index (κ3) is 5.13. The molecule has 3 aromatic rings. The Morgan fingerprint density at radius 1 is 1.19 bits per heavy atom. The number of aryl methyl sites for hydroxylation is 1. The van der Waals surface area contributed by atoms with E-state index >= 15 is 0 Å². The van der Waals surface area contributed by atoms with Crippen LogP contribution in [-0.2, 0) is 4.79 Å². The molecular formula is C22H25N7O2. The van der Waals surface area contributed by atoms with E-state index in [0.29, 0.717) is 30.9 Å². The monoisotopic (exact) mass is 419 g/mol. The minimum Gasteiger partial charge on any atom is -0.354 e. The molecule has 0 aliphatic carbocycles. The molecule has 0 bridgehead atoms. The molecular weight excluding hydrogens is 394 g/mol. The number of nitrogens with one attached hydrogen (secondary N) is 2. The zero-order chi connectivity index (χ0) is 21.8. The van der Waals surface area contributed by atoms with Crippen LogP contribution in [0, 0.1) is 6.92 Å². The highest BCUT2D eigenvalue weighted by molar-refractivity contribution is 5.96. The fraction of sp³-hybridized carbons (Fsp3) is 0.318. The number of hydrogen-bond donors (Lipinski definition) is 2. The van der Waals surface area contributed by atoms with Crippen LogP contribution in [-0.4, -0.2) is 69.1 Å². The van der Waals surface area contributed by atoms with Crippen molar-refractivity contribution in [3.05, 3.63) is 59.9 Å². The van der Waals surface area contributed by atoms with Crippen LogP contribution in [0.25, 0.3) is 16.8 Å². The molecule has 1 atom stereocenters. The van der Waals surface area contributed by atoms with E-state index in [1.807, 2.05) is 55.1 Å². The first-order valence-corrected chi connectivity index (χ1v) is 10.2. The van der Waals surface area contributed by atoms with Crippen LogP contribution in [0.5, 0.6) is 0 Å². The molecule has 1 aliphatic heterocycles. The number of aromatic nitrogens is 4. The smallest absolute Gasteiger partial charge is 0.251 e. The minimum atomic E-state index is -0.183. The summed E-state index contributed by atoms with van der Waals surface area (Å²) in [6.07, 6.45) is 1.50.